The van der Waals surface area contributed by atoms with Gasteiger partial charge in [0.05, 0.1) is 11.9 Å². The van der Waals surface area contributed by atoms with Gasteiger partial charge in [0, 0.05) is 38.1 Å². The lowest BCUT2D eigenvalue weighted by Crippen LogP contribution is -2.38. The highest BCUT2D eigenvalue weighted by Gasteiger charge is 2.19. The number of hydrogen-bond donors (Lipinski definition) is 1. The number of aromatic nitrogens is 1. The number of anilines is 2. The molecule has 0 spiro atoms. The molecule has 5 heteroatoms. The molecule has 114 valence electrons. The van der Waals surface area contributed by atoms with Crippen LogP contribution in [0.15, 0.2) is 54.9 Å². The minimum absolute atomic E-state index is 0.0285. The quantitative estimate of drug-likeness (QED) is 0.927. The Labute approximate surface area is 130 Å². The van der Waals surface area contributed by atoms with Crippen LogP contribution in [0.5, 0.6) is 0 Å². The van der Waals surface area contributed by atoms with Gasteiger partial charge in [0.1, 0.15) is 0 Å². The van der Waals surface area contributed by atoms with Crippen molar-refractivity contribution in [2.75, 3.05) is 36.4 Å². The number of nitrogens with zero attached hydrogens (tertiary/aromatic N) is 3. The van der Waals surface area contributed by atoms with Crippen molar-refractivity contribution in [2.24, 2.45) is 0 Å². The van der Waals surface area contributed by atoms with Crippen LogP contribution in [0.25, 0.3) is 0 Å². The number of amides is 2. The third-order valence-electron chi connectivity index (χ3n) is 3.82. The molecule has 22 heavy (non-hydrogen) atoms. The van der Waals surface area contributed by atoms with Crippen molar-refractivity contribution in [1.29, 1.82) is 0 Å². The van der Waals surface area contributed by atoms with E-state index >= 15 is 0 Å². The number of urea groups is 1. The molecule has 0 bridgehead atoms. The van der Waals surface area contributed by atoms with E-state index in [0.717, 1.165) is 37.4 Å². The summed E-state index contributed by atoms with van der Waals surface area (Å²) in [5, 5.41) is 2.95. The van der Waals surface area contributed by atoms with E-state index in [1.807, 2.05) is 47.5 Å². The Morgan fingerprint density at radius 2 is 1.86 bits per heavy atom. The van der Waals surface area contributed by atoms with Gasteiger partial charge >= 0.3 is 6.03 Å². The number of para-hydroxylation sites is 1. The molecule has 0 unspecified atom stereocenters. The first kappa shape index (κ1) is 14.4. The van der Waals surface area contributed by atoms with E-state index in [1.165, 1.54) is 0 Å². The van der Waals surface area contributed by atoms with Gasteiger partial charge in [-0.3, -0.25) is 4.98 Å². The van der Waals surface area contributed by atoms with Gasteiger partial charge in [-0.1, -0.05) is 18.2 Å². The molecule has 5 nitrogen and oxygen atoms in total. The molecule has 1 aromatic carbocycles. The van der Waals surface area contributed by atoms with E-state index in [9.17, 15) is 4.79 Å². The lowest BCUT2D eigenvalue weighted by Gasteiger charge is -2.23. The van der Waals surface area contributed by atoms with Crippen molar-refractivity contribution in [2.45, 2.75) is 6.42 Å². The molecule has 1 aliphatic heterocycles. The van der Waals surface area contributed by atoms with Crippen LogP contribution in [0.3, 0.4) is 0 Å². The number of hydrogen-bond acceptors (Lipinski definition) is 3. The molecule has 0 saturated carbocycles. The summed E-state index contributed by atoms with van der Waals surface area (Å²) in [6, 6.07) is 13.6. The van der Waals surface area contributed by atoms with E-state index in [4.69, 9.17) is 0 Å². The molecular weight excluding hydrogens is 276 g/mol. The number of nitrogens with one attached hydrogen (secondary N) is 1. The summed E-state index contributed by atoms with van der Waals surface area (Å²) in [4.78, 5) is 20.7. The maximum absolute atomic E-state index is 12.3. The number of carbonyl (C=O) groups is 1. The predicted octanol–water partition coefficient (Wildman–Crippen LogP) is 2.83. The summed E-state index contributed by atoms with van der Waals surface area (Å²) >= 11 is 0. The first-order valence-electron chi connectivity index (χ1n) is 7.59. The van der Waals surface area contributed by atoms with Crippen LogP contribution >= 0.6 is 0 Å². The Morgan fingerprint density at radius 1 is 1.00 bits per heavy atom. The van der Waals surface area contributed by atoms with Crippen molar-refractivity contribution in [3.8, 4) is 0 Å². The lowest BCUT2D eigenvalue weighted by molar-refractivity contribution is 0.215. The minimum atomic E-state index is -0.0285. The van der Waals surface area contributed by atoms with Crippen LogP contribution in [0.1, 0.15) is 6.42 Å². The number of rotatable bonds is 2. The molecule has 2 aromatic rings. The van der Waals surface area contributed by atoms with Crippen LogP contribution < -0.4 is 10.2 Å². The first-order valence-corrected chi connectivity index (χ1v) is 7.59. The zero-order valence-electron chi connectivity index (χ0n) is 12.5. The zero-order chi connectivity index (χ0) is 15.2. The van der Waals surface area contributed by atoms with Crippen molar-refractivity contribution < 1.29 is 4.79 Å². The molecule has 1 fully saturated rings. The van der Waals surface area contributed by atoms with Gasteiger partial charge in [-0.15, -0.1) is 0 Å². The van der Waals surface area contributed by atoms with Crippen LogP contribution in [-0.4, -0.2) is 42.1 Å². The molecule has 3 rings (SSSR count). The maximum Gasteiger partial charge on any atom is 0.321 e. The summed E-state index contributed by atoms with van der Waals surface area (Å²) in [5.41, 5.74) is 1.95. The van der Waals surface area contributed by atoms with Crippen molar-refractivity contribution in [1.82, 2.24) is 9.88 Å². The van der Waals surface area contributed by atoms with Crippen LogP contribution in [0.4, 0.5) is 16.2 Å². The second kappa shape index (κ2) is 6.93. The summed E-state index contributed by atoms with van der Waals surface area (Å²) in [6.07, 6.45) is 4.61. The summed E-state index contributed by atoms with van der Waals surface area (Å²) in [5.74, 6) is 0. The molecule has 2 amide bonds. The maximum atomic E-state index is 12.3. The van der Waals surface area contributed by atoms with Gasteiger partial charge < -0.3 is 15.1 Å². The second-order valence-corrected chi connectivity index (χ2v) is 5.34. The zero-order valence-corrected chi connectivity index (χ0v) is 12.5. The molecule has 1 saturated heterocycles. The highest BCUT2D eigenvalue weighted by molar-refractivity contribution is 5.89. The molecule has 1 aliphatic rings. The van der Waals surface area contributed by atoms with Gasteiger partial charge in [-0.05, 0) is 30.7 Å². The van der Waals surface area contributed by atoms with E-state index < -0.39 is 0 Å². The fourth-order valence-electron chi connectivity index (χ4n) is 2.64. The molecule has 0 atom stereocenters. The van der Waals surface area contributed by atoms with E-state index in [-0.39, 0.29) is 6.03 Å². The van der Waals surface area contributed by atoms with Gasteiger partial charge in [-0.2, -0.15) is 0 Å². The van der Waals surface area contributed by atoms with Crippen LogP contribution in [0.2, 0.25) is 0 Å². The van der Waals surface area contributed by atoms with Gasteiger partial charge in [0.2, 0.25) is 0 Å². The molecule has 0 aliphatic carbocycles. The molecule has 2 heterocycles. The highest BCUT2D eigenvalue weighted by Crippen LogP contribution is 2.15. The average molecular weight is 296 g/mol. The van der Waals surface area contributed by atoms with Gasteiger partial charge in [-0.25, -0.2) is 4.79 Å². The number of pyridine rings is 1. The molecular formula is C17H20N4O. The van der Waals surface area contributed by atoms with E-state index in [1.54, 1.807) is 6.20 Å². The Balaban J connectivity index is 1.59. The Bertz CT molecular complexity index is 603. The fraction of sp³-hybridized carbons (Fsp3) is 0.294. The predicted molar refractivity (Wildman–Crippen MR) is 88.1 cm³/mol. The Hall–Kier alpha value is -2.56. The van der Waals surface area contributed by atoms with Gasteiger partial charge in [0.25, 0.3) is 0 Å². The fourth-order valence-corrected chi connectivity index (χ4v) is 2.64. The SMILES string of the molecule is O=C(Nc1ccccc1)N1CCCN(c2cccnc2)CC1. The molecule has 0 radical (unpaired) electrons. The first-order chi connectivity index (χ1) is 10.8. The second-order valence-electron chi connectivity index (χ2n) is 5.34. The monoisotopic (exact) mass is 296 g/mol. The minimum Gasteiger partial charge on any atom is -0.368 e. The largest absolute Gasteiger partial charge is 0.368 e. The smallest absolute Gasteiger partial charge is 0.321 e. The van der Waals surface area contributed by atoms with Crippen molar-refractivity contribution in [3.63, 3.8) is 0 Å². The standard InChI is InChI=1S/C17H20N4O/c22-17(19-15-6-2-1-3-7-15)21-11-5-10-20(12-13-21)16-8-4-9-18-14-16/h1-4,6-9,14H,5,10-13H2,(H,19,22). The average Bonchev–Trinajstić information content (AvgIpc) is 2.83. The van der Waals surface area contributed by atoms with E-state index in [0.29, 0.717) is 6.54 Å². The summed E-state index contributed by atoms with van der Waals surface area (Å²) in [7, 11) is 0. The third kappa shape index (κ3) is 3.55. The summed E-state index contributed by atoms with van der Waals surface area (Å²) < 4.78 is 0. The Morgan fingerprint density at radius 3 is 2.64 bits per heavy atom. The number of benzene rings is 1. The third-order valence-corrected chi connectivity index (χ3v) is 3.82. The topological polar surface area (TPSA) is 48.5 Å². The normalized spacial score (nSPS) is 15.3. The summed E-state index contributed by atoms with van der Waals surface area (Å²) in [6.45, 7) is 3.26. The molecule has 1 aromatic heterocycles. The van der Waals surface area contributed by atoms with Crippen molar-refractivity contribution >= 4 is 17.4 Å². The Kier molecular flexibility index (Phi) is 4.53. The van der Waals surface area contributed by atoms with Crippen LogP contribution in [-0.2, 0) is 0 Å². The lowest BCUT2D eigenvalue weighted by atomic mass is 10.3. The van der Waals surface area contributed by atoms with Gasteiger partial charge in [0.15, 0.2) is 0 Å². The van der Waals surface area contributed by atoms with E-state index in [2.05, 4.69) is 21.3 Å². The highest BCUT2D eigenvalue weighted by atomic mass is 16.2. The number of carbonyl (C=O) groups excluding carboxylic acids is 1. The molecule has 1 N–H and O–H groups in total. The van der Waals surface area contributed by atoms with Crippen molar-refractivity contribution in [3.05, 3.63) is 54.9 Å². The van der Waals surface area contributed by atoms with Crippen LogP contribution in [0, 0.1) is 0 Å².